The van der Waals surface area contributed by atoms with E-state index in [1.54, 1.807) is 13.2 Å². The maximum absolute atomic E-state index is 12.0. The van der Waals surface area contributed by atoms with E-state index >= 15 is 0 Å². The van der Waals surface area contributed by atoms with Crippen LogP contribution in [0.1, 0.15) is 24.4 Å². The van der Waals surface area contributed by atoms with Crippen LogP contribution in [0, 0.1) is 0 Å². The predicted octanol–water partition coefficient (Wildman–Crippen LogP) is 3.25. The highest BCUT2D eigenvalue weighted by atomic mass is 32.2. The van der Waals surface area contributed by atoms with Crippen molar-refractivity contribution in [3.8, 4) is 0 Å². The van der Waals surface area contributed by atoms with E-state index in [0.29, 0.717) is 24.1 Å². The summed E-state index contributed by atoms with van der Waals surface area (Å²) in [5, 5.41) is 3.23. The van der Waals surface area contributed by atoms with Crippen LogP contribution in [0.2, 0.25) is 0 Å². The normalized spacial score (nSPS) is 11.3. The number of ether oxygens (including phenoxy) is 1. The van der Waals surface area contributed by atoms with E-state index < -0.39 is 5.76 Å². The average Bonchev–Trinajstić information content (AvgIpc) is 2.79. The van der Waals surface area contributed by atoms with Gasteiger partial charge in [0.1, 0.15) is 11.5 Å². The number of furan rings is 1. The van der Waals surface area contributed by atoms with Crippen molar-refractivity contribution in [2.24, 2.45) is 0 Å². The third-order valence-corrected chi connectivity index (χ3v) is 3.02. The summed E-state index contributed by atoms with van der Waals surface area (Å²) < 4.78 is 34.3. The zero-order valence-electron chi connectivity index (χ0n) is 10.5. The van der Waals surface area contributed by atoms with Crippen LogP contribution in [-0.4, -0.2) is 26.0 Å². The van der Waals surface area contributed by atoms with Gasteiger partial charge in [-0.3, -0.25) is 0 Å². The molecule has 104 valence electrons. The summed E-state index contributed by atoms with van der Waals surface area (Å²) in [6.07, 6.45) is 2.07. The number of hydrogen-bond acceptors (Lipinski definition) is 4. The number of hydrogen-bond donors (Lipinski definition) is 1. The lowest BCUT2D eigenvalue weighted by molar-refractivity contribution is 0.192. The number of nitrogens with one attached hydrogen (secondary N) is 1. The Balaban J connectivity index is 2.11. The van der Waals surface area contributed by atoms with Gasteiger partial charge >= 0.3 is 0 Å². The quantitative estimate of drug-likeness (QED) is 0.667. The first-order valence-electron chi connectivity index (χ1n) is 5.89. The summed E-state index contributed by atoms with van der Waals surface area (Å²) in [5.41, 5.74) is 0. The Bertz CT molecular complexity index is 321. The lowest BCUT2D eigenvalue weighted by Gasteiger charge is -2.02. The lowest BCUT2D eigenvalue weighted by Crippen LogP contribution is -2.14. The Hall–Kier alpha value is -0.590. The molecule has 0 saturated carbocycles. The lowest BCUT2D eigenvalue weighted by atomic mass is 10.3. The zero-order valence-corrected chi connectivity index (χ0v) is 11.3. The molecule has 0 spiro atoms. The standard InChI is InChI=1S/C12H19F2NO2S/c1-16-7-3-2-6-15-8-10-4-5-11(17-10)9-18-12(13)14/h4-5,12,15H,2-3,6-9H2,1H3. The van der Waals surface area contributed by atoms with E-state index in [-0.39, 0.29) is 5.75 Å². The van der Waals surface area contributed by atoms with Crippen LogP contribution in [0.25, 0.3) is 0 Å². The van der Waals surface area contributed by atoms with Crippen LogP contribution < -0.4 is 5.32 Å². The number of alkyl halides is 2. The smallest absolute Gasteiger partial charge is 0.284 e. The molecule has 0 aliphatic heterocycles. The minimum Gasteiger partial charge on any atom is -0.464 e. The molecule has 0 aromatic carbocycles. The molecule has 0 aliphatic carbocycles. The Morgan fingerprint density at radius 2 is 2.11 bits per heavy atom. The van der Waals surface area contributed by atoms with Crippen molar-refractivity contribution in [1.82, 2.24) is 5.32 Å². The molecule has 0 unspecified atom stereocenters. The van der Waals surface area contributed by atoms with Gasteiger partial charge < -0.3 is 14.5 Å². The van der Waals surface area contributed by atoms with Crippen LogP contribution in [0.5, 0.6) is 0 Å². The van der Waals surface area contributed by atoms with E-state index in [1.807, 2.05) is 6.07 Å². The molecule has 0 saturated heterocycles. The largest absolute Gasteiger partial charge is 0.464 e. The molecule has 0 radical (unpaired) electrons. The second-order valence-corrected chi connectivity index (χ2v) is 4.79. The summed E-state index contributed by atoms with van der Waals surface area (Å²) >= 11 is 0.574. The molecule has 1 heterocycles. The van der Waals surface area contributed by atoms with E-state index in [0.717, 1.165) is 31.8 Å². The molecule has 0 aliphatic rings. The number of methoxy groups -OCH3 is 1. The molecular formula is C12H19F2NO2S. The van der Waals surface area contributed by atoms with Gasteiger partial charge in [-0.1, -0.05) is 11.8 Å². The van der Waals surface area contributed by atoms with Crippen molar-refractivity contribution in [2.75, 3.05) is 20.3 Å². The monoisotopic (exact) mass is 279 g/mol. The van der Waals surface area contributed by atoms with Gasteiger partial charge in [0.25, 0.3) is 5.76 Å². The molecular weight excluding hydrogens is 260 g/mol. The maximum Gasteiger partial charge on any atom is 0.284 e. The molecule has 1 aromatic heterocycles. The SMILES string of the molecule is COCCCCNCc1ccc(CSC(F)F)o1. The molecule has 1 N–H and O–H groups in total. The van der Waals surface area contributed by atoms with Gasteiger partial charge in [-0.2, -0.15) is 8.78 Å². The molecule has 1 rings (SSSR count). The minimum atomic E-state index is -2.35. The fraction of sp³-hybridized carbons (Fsp3) is 0.667. The maximum atomic E-state index is 12.0. The van der Waals surface area contributed by atoms with Crippen molar-refractivity contribution in [2.45, 2.75) is 30.9 Å². The second kappa shape index (κ2) is 9.35. The highest BCUT2D eigenvalue weighted by Crippen LogP contribution is 2.21. The predicted molar refractivity (Wildman–Crippen MR) is 68.8 cm³/mol. The number of halogens is 2. The fourth-order valence-corrected chi connectivity index (χ4v) is 1.89. The number of unbranched alkanes of at least 4 members (excludes halogenated alkanes) is 1. The first-order valence-corrected chi connectivity index (χ1v) is 6.94. The summed E-state index contributed by atoms with van der Waals surface area (Å²) in [6.45, 7) is 2.30. The first-order chi connectivity index (χ1) is 8.72. The van der Waals surface area contributed by atoms with Crippen molar-refractivity contribution in [3.63, 3.8) is 0 Å². The van der Waals surface area contributed by atoms with E-state index in [1.165, 1.54) is 0 Å². The van der Waals surface area contributed by atoms with E-state index in [9.17, 15) is 8.78 Å². The fourth-order valence-electron chi connectivity index (χ4n) is 1.45. The average molecular weight is 279 g/mol. The highest BCUT2D eigenvalue weighted by Gasteiger charge is 2.06. The molecule has 6 heteroatoms. The Morgan fingerprint density at radius 1 is 1.33 bits per heavy atom. The van der Waals surface area contributed by atoms with Crippen molar-refractivity contribution < 1.29 is 17.9 Å². The topological polar surface area (TPSA) is 34.4 Å². The molecule has 0 bridgehead atoms. The summed E-state index contributed by atoms with van der Waals surface area (Å²) in [5.74, 6) is -0.758. The van der Waals surface area contributed by atoms with Crippen molar-refractivity contribution in [1.29, 1.82) is 0 Å². The van der Waals surface area contributed by atoms with Crippen LogP contribution in [0.15, 0.2) is 16.5 Å². The second-order valence-electron chi connectivity index (χ2n) is 3.82. The van der Waals surface area contributed by atoms with E-state index in [4.69, 9.17) is 9.15 Å². The van der Waals surface area contributed by atoms with Crippen LogP contribution in [0.4, 0.5) is 8.78 Å². The van der Waals surface area contributed by atoms with Gasteiger partial charge in [0.05, 0.1) is 12.3 Å². The Morgan fingerprint density at radius 3 is 2.83 bits per heavy atom. The Labute approximate surface area is 110 Å². The molecule has 0 fully saturated rings. The zero-order chi connectivity index (χ0) is 13.2. The van der Waals surface area contributed by atoms with Gasteiger partial charge in [-0.25, -0.2) is 0 Å². The molecule has 3 nitrogen and oxygen atoms in total. The molecule has 1 aromatic rings. The van der Waals surface area contributed by atoms with Crippen LogP contribution in [-0.2, 0) is 17.0 Å². The van der Waals surface area contributed by atoms with Crippen LogP contribution >= 0.6 is 11.8 Å². The van der Waals surface area contributed by atoms with Gasteiger partial charge in [-0.05, 0) is 31.5 Å². The minimum absolute atomic E-state index is 0.214. The van der Waals surface area contributed by atoms with Gasteiger partial charge in [0.2, 0.25) is 0 Å². The number of thioether (sulfide) groups is 1. The summed E-state index contributed by atoms with van der Waals surface area (Å²) in [6, 6.07) is 3.57. The molecule has 18 heavy (non-hydrogen) atoms. The van der Waals surface area contributed by atoms with Gasteiger partial charge in [0, 0.05) is 13.7 Å². The third kappa shape index (κ3) is 6.98. The van der Waals surface area contributed by atoms with Crippen LogP contribution in [0.3, 0.4) is 0 Å². The third-order valence-electron chi connectivity index (χ3n) is 2.32. The number of rotatable bonds is 10. The summed E-state index contributed by atoms with van der Waals surface area (Å²) in [7, 11) is 1.69. The molecule has 0 amide bonds. The summed E-state index contributed by atoms with van der Waals surface area (Å²) in [4.78, 5) is 0. The van der Waals surface area contributed by atoms with Crippen molar-refractivity contribution >= 4 is 11.8 Å². The van der Waals surface area contributed by atoms with Gasteiger partial charge in [-0.15, -0.1) is 0 Å². The first kappa shape index (κ1) is 15.5. The Kier molecular flexibility index (Phi) is 8.04. The van der Waals surface area contributed by atoms with Gasteiger partial charge in [0.15, 0.2) is 0 Å². The van der Waals surface area contributed by atoms with E-state index in [2.05, 4.69) is 5.32 Å². The highest BCUT2D eigenvalue weighted by molar-refractivity contribution is 7.98. The molecule has 0 atom stereocenters. The van der Waals surface area contributed by atoms with Crippen molar-refractivity contribution in [3.05, 3.63) is 23.7 Å².